The molecular weight excluding hydrogens is 190 g/mol. The Morgan fingerprint density at radius 3 is 2.54 bits per heavy atom. The lowest BCUT2D eigenvalue weighted by molar-refractivity contribution is 0.592. The van der Waals surface area contributed by atoms with Gasteiger partial charge in [-0.15, -0.1) is 0 Å². The molecule has 68 valence electrons. The lowest BCUT2D eigenvalue weighted by Gasteiger charge is -1.98. The summed E-state index contributed by atoms with van der Waals surface area (Å²) in [5.41, 5.74) is 0.658. The molecule has 0 aliphatic rings. The summed E-state index contributed by atoms with van der Waals surface area (Å²) in [7, 11) is -3.38. The highest BCUT2D eigenvalue weighted by atomic mass is 32.2. The monoisotopic (exact) mass is 197 g/mol. The number of nitriles is 1. The summed E-state index contributed by atoms with van der Waals surface area (Å²) in [5, 5.41) is 8.29. The van der Waals surface area contributed by atoms with E-state index in [0.717, 1.165) is 6.26 Å². The van der Waals surface area contributed by atoms with E-state index < -0.39 is 9.84 Å². The summed E-state index contributed by atoms with van der Waals surface area (Å²) in [5.74, 6) is 0. The van der Waals surface area contributed by atoms with Gasteiger partial charge in [0.25, 0.3) is 0 Å². The fourth-order valence-corrected chi connectivity index (χ4v) is 1.28. The van der Waals surface area contributed by atoms with Gasteiger partial charge in [0.05, 0.1) is 11.3 Å². The maximum Gasteiger partial charge on any atom is 0.247 e. The Kier molecular flexibility index (Phi) is 2.30. The molecule has 13 heavy (non-hydrogen) atoms. The van der Waals surface area contributed by atoms with Crippen LogP contribution in [0, 0.1) is 18.3 Å². The highest BCUT2D eigenvalue weighted by molar-refractivity contribution is 7.90. The van der Waals surface area contributed by atoms with Gasteiger partial charge in [-0.25, -0.2) is 18.4 Å². The zero-order chi connectivity index (χ0) is 10.1. The molecule has 0 amide bonds. The normalized spacial score (nSPS) is 10.8. The lowest BCUT2D eigenvalue weighted by Crippen LogP contribution is -2.05. The van der Waals surface area contributed by atoms with Crippen LogP contribution in [0.1, 0.15) is 11.3 Å². The van der Waals surface area contributed by atoms with Crippen molar-refractivity contribution in [3.63, 3.8) is 0 Å². The van der Waals surface area contributed by atoms with Crippen molar-refractivity contribution in [3.8, 4) is 6.07 Å². The number of aromatic nitrogens is 2. The summed E-state index contributed by atoms with van der Waals surface area (Å²) in [6.45, 7) is 1.56. The smallest absolute Gasteiger partial charge is 0.225 e. The summed E-state index contributed by atoms with van der Waals surface area (Å²) >= 11 is 0. The highest BCUT2D eigenvalue weighted by Crippen LogP contribution is 2.05. The molecule has 1 aromatic rings. The molecule has 0 aliphatic heterocycles. The summed E-state index contributed by atoms with van der Waals surface area (Å²) < 4.78 is 22.0. The van der Waals surface area contributed by atoms with Gasteiger partial charge in [-0.1, -0.05) is 0 Å². The van der Waals surface area contributed by atoms with Gasteiger partial charge in [0.15, 0.2) is 0 Å². The molecule has 0 bridgehead atoms. The zero-order valence-electron chi connectivity index (χ0n) is 7.14. The topological polar surface area (TPSA) is 83.7 Å². The van der Waals surface area contributed by atoms with Crippen molar-refractivity contribution in [2.24, 2.45) is 0 Å². The quantitative estimate of drug-likeness (QED) is 0.594. The maximum atomic E-state index is 11.0. The van der Waals surface area contributed by atoms with Crippen LogP contribution in [0.15, 0.2) is 11.4 Å². The van der Waals surface area contributed by atoms with E-state index in [1.807, 2.05) is 6.07 Å². The van der Waals surface area contributed by atoms with Crippen LogP contribution in [0.5, 0.6) is 0 Å². The van der Waals surface area contributed by atoms with Gasteiger partial charge in [-0.05, 0) is 6.92 Å². The van der Waals surface area contributed by atoms with Gasteiger partial charge in [0, 0.05) is 12.5 Å². The summed E-state index contributed by atoms with van der Waals surface area (Å²) in [6, 6.07) is 1.85. The first-order valence-corrected chi connectivity index (χ1v) is 5.28. The maximum absolute atomic E-state index is 11.0. The summed E-state index contributed by atoms with van der Waals surface area (Å²) in [6.07, 6.45) is 2.23. The van der Waals surface area contributed by atoms with Crippen LogP contribution in [0.2, 0.25) is 0 Å². The van der Waals surface area contributed by atoms with Crippen LogP contribution >= 0.6 is 0 Å². The van der Waals surface area contributed by atoms with Gasteiger partial charge in [-0.2, -0.15) is 5.26 Å². The lowest BCUT2D eigenvalue weighted by atomic mass is 10.3. The number of aryl methyl sites for hydroxylation is 1. The minimum atomic E-state index is -3.38. The van der Waals surface area contributed by atoms with E-state index in [4.69, 9.17) is 5.26 Å². The Hall–Kier alpha value is -1.48. The Morgan fingerprint density at radius 2 is 2.15 bits per heavy atom. The molecular formula is C7H7N3O2S. The van der Waals surface area contributed by atoms with Crippen molar-refractivity contribution in [2.75, 3.05) is 6.26 Å². The molecule has 6 heteroatoms. The zero-order valence-corrected chi connectivity index (χ0v) is 7.96. The van der Waals surface area contributed by atoms with E-state index in [1.54, 1.807) is 6.92 Å². The third-order valence-electron chi connectivity index (χ3n) is 1.41. The van der Waals surface area contributed by atoms with Crippen molar-refractivity contribution >= 4 is 9.84 Å². The molecule has 0 aromatic carbocycles. The fourth-order valence-electron chi connectivity index (χ4n) is 0.734. The van der Waals surface area contributed by atoms with Gasteiger partial charge in [-0.3, -0.25) is 0 Å². The Bertz CT molecular complexity index is 473. The Labute approximate surface area is 76.0 Å². The van der Waals surface area contributed by atoms with Crippen LogP contribution in [0.25, 0.3) is 0 Å². The first kappa shape index (κ1) is 9.61. The van der Waals surface area contributed by atoms with Crippen molar-refractivity contribution < 1.29 is 8.42 Å². The van der Waals surface area contributed by atoms with E-state index in [1.165, 1.54) is 6.20 Å². The third kappa shape index (κ3) is 2.00. The first-order chi connectivity index (χ1) is 5.95. The molecule has 0 atom stereocenters. The number of hydrogen-bond acceptors (Lipinski definition) is 5. The van der Waals surface area contributed by atoms with Crippen molar-refractivity contribution in [1.29, 1.82) is 5.26 Å². The molecule has 0 aliphatic carbocycles. The van der Waals surface area contributed by atoms with Crippen molar-refractivity contribution in [3.05, 3.63) is 17.5 Å². The van der Waals surface area contributed by atoms with Crippen LogP contribution in [-0.4, -0.2) is 24.6 Å². The molecule has 5 nitrogen and oxygen atoms in total. The fraction of sp³-hybridized carbons (Fsp3) is 0.286. The van der Waals surface area contributed by atoms with Crippen LogP contribution in [0.4, 0.5) is 0 Å². The second-order valence-electron chi connectivity index (χ2n) is 2.54. The van der Waals surface area contributed by atoms with Gasteiger partial charge >= 0.3 is 0 Å². The Balaban J connectivity index is 3.36. The molecule has 1 rings (SSSR count). The molecule has 0 saturated heterocycles. The number of rotatable bonds is 1. The standard InChI is InChI=1S/C7H7N3O2S/c1-5-6(3-8)4-9-7(10-5)13(2,11)12/h4H,1-2H3. The van der Waals surface area contributed by atoms with Gasteiger partial charge in [0.1, 0.15) is 6.07 Å². The largest absolute Gasteiger partial charge is 0.247 e. The van der Waals surface area contributed by atoms with Crippen LogP contribution in [-0.2, 0) is 9.84 Å². The second-order valence-corrected chi connectivity index (χ2v) is 4.45. The van der Waals surface area contributed by atoms with E-state index in [0.29, 0.717) is 5.69 Å². The minimum Gasteiger partial charge on any atom is -0.225 e. The molecule has 0 spiro atoms. The average molecular weight is 197 g/mol. The number of hydrogen-bond donors (Lipinski definition) is 0. The van der Waals surface area contributed by atoms with Crippen LogP contribution < -0.4 is 0 Å². The van der Waals surface area contributed by atoms with Crippen molar-refractivity contribution in [2.45, 2.75) is 12.1 Å². The minimum absolute atomic E-state index is 0.246. The van der Waals surface area contributed by atoms with E-state index in [-0.39, 0.29) is 10.7 Å². The second kappa shape index (κ2) is 3.11. The molecule has 0 saturated carbocycles. The van der Waals surface area contributed by atoms with E-state index >= 15 is 0 Å². The Morgan fingerprint density at radius 1 is 1.54 bits per heavy atom. The molecule has 0 unspecified atom stereocenters. The number of nitrogens with zero attached hydrogens (tertiary/aromatic N) is 3. The van der Waals surface area contributed by atoms with E-state index in [2.05, 4.69) is 9.97 Å². The summed E-state index contributed by atoms with van der Waals surface area (Å²) in [4.78, 5) is 7.25. The third-order valence-corrected chi connectivity index (χ3v) is 2.27. The number of sulfone groups is 1. The SMILES string of the molecule is Cc1nc(S(C)(=O)=O)ncc1C#N. The van der Waals surface area contributed by atoms with E-state index in [9.17, 15) is 8.42 Å². The molecule has 1 heterocycles. The van der Waals surface area contributed by atoms with Crippen LogP contribution in [0.3, 0.4) is 0 Å². The predicted octanol–water partition coefficient (Wildman–Crippen LogP) is 0.0602. The van der Waals surface area contributed by atoms with Gasteiger partial charge < -0.3 is 0 Å². The predicted molar refractivity (Wildman–Crippen MR) is 44.6 cm³/mol. The molecule has 0 N–H and O–H groups in total. The highest BCUT2D eigenvalue weighted by Gasteiger charge is 2.12. The van der Waals surface area contributed by atoms with Crippen molar-refractivity contribution in [1.82, 2.24) is 9.97 Å². The first-order valence-electron chi connectivity index (χ1n) is 3.39. The molecule has 0 radical (unpaired) electrons. The average Bonchev–Trinajstić information content (AvgIpc) is 2.02. The molecule has 0 fully saturated rings. The molecule has 1 aromatic heterocycles. The van der Waals surface area contributed by atoms with Gasteiger partial charge in [0.2, 0.25) is 15.0 Å².